The summed E-state index contributed by atoms with van der Waals surface area (Å²) in [6, 6.07) is 14.2. The fourth-order valence-electron chi connectivity index (χ4n) is 6.73. The normalized spacial score (nSPS) is 23.3. The van der Waals surface area contributed by atoms with Crippen molar-refractivity contribution < 1.29 is 34.0 Å². The maximum atomic E-state index is 13.4. The fraction of sp³-hybridized carbons (Fsp3) is 0.600. The first-order chi connectivity index (χ1) is 25.9. The zero-order valence-electron chi connectivity index (χ0n) is 32.3. The average Bonchev–Trinajstić information content (AvgIpc) is 3.61. The zero-order valence-corrected chi connectivity index (χ0v) is 32.3. The number of aromatic nitrogens is 3. The summed E-state index contributed by atoms with van der Waals surface area (Å²) in [6.45, 7) is 13.9. The molecule has 294 valence electrons. The summed E-state index contributed by atoms with van der Waals surface area (Å²) in [5, 5.41) is 47.8. The summed E-state index contributed by atoms with van der Waals surface area (Å²) in [5.41, 5.74) is 1.43. The smallest absolute Gasteiger partial charge is 0.262 e. The summed E-state index contributed by atoms with van der Waals surface area (Å²) in [7, 11) is 1.50. The molecule has 14 heteroatoms. The van der Waals surface area contributed by atoms with E-state index in [1.807, 2.05) is 45.9 Å². The molecule has 14 nitrogen and oxygen atoms in total. The van der Waals surface area contributed by atoms with Gasteiger partial charge in [-0.1, -0.05) is 37.3 Å². The number of nitrogens with one attached hydrogen (secondary N) is 2. The summed E-state index contributed by atoms with van der Waals surface area (Å²) < 4.78 is 24.5. The van der Waals surface area contributed by atoms with Gasteiger partial charge in [0.05, 0.1) is 37.2 Å². The second-order valence-electron chi connectivity index (χ2n) is 14.9. The molecule has 2 aliphatic heterocycles. The number of carbonyl (C=O) groups excluding carboxylic acids is 1. The van der Waals surface area contributed by atoms with Gasteiger partial charge in [-0.3, -0.25) is 9.69 Å². The van der Waals surface area contributed by atoms with Crippen molar-refractivity contribution in [3.05, 3.63) is 59.4 Å². The van der Waals surface area contributed by atoms with Gasteiger partial charge in [0.2, 0.25) is 0 Å². The van der Waals surface area contributed by atoms with Gasteiger partial charge >= 0.3 is 0 Å². The Balaban J connectivity index is 1.13. The van der Waals surface area contributed by atoms with Crippen LogP contribution in [0, 0.1) is 11.3 Å². The van der Waals surface area contributed by atoms with Gasteiger partial charge in [0.15, 0.2) is 6.29 Å². The number of methoxy groups -OCH3 is 1. The Kier molecular flexibility index (Phi) is 14.6. The molecule has 6 atom stereocenters. The number of carbonyl (C=O) groups is 1. The Labute approximate surface area is 318 Å². The van der Waals surface area contributed by atoms with E-state index in [0.717, 1.165) is 61.4 Å². The highest BCUT2D eigenvalue weighted by atomic mass is 16.7. The van der Waals surface area contributed by atoms with Crippen molar-refractivity contribution in [1.82, 2.24) is 25.2 Å². The Hall–Kier alpha value is -3.94. The number of morpholine rings is 1. The van der Waals surface area contributed by atoms with Gasteiger partial charge in [0.1, 0.15) is 23.9 Å². The minimum atomic E-state index is -1.06. The molecular weight excluding hydrogens is 690 g/mol. The van der Waals surface area contributed by atoms with Crippen molar-refractivity contribution in [3.63, 3.8) is 0 Å². The Morgan fingerprint density at radius 3 is 2.61 bits per heavy atom. The number of nitriles is 1. The number of nitrogens with zero attached hydrogens (tertiary/aromatic N) is 5. The second-order valence-corrected chi connectivity index (χ2v) is 14.9. The minimum Gasteiger partial charge on any atom is -0.390 e. The van der Waals surface area contributed by atoms with E-state index in [9.17, 15) is 20.3 Å². The number of aliphatic hydroxyl groups excluding tert-OH is 2. The van der Waals surface area contributed by atoms with Crippen LogP contribution in [0.5, 0.6) is 0 Å². The van der Waals surface area contributed by atoms with Crippen molar-refractivity contribution in [2.75, 3.05) is 58.4 Å². The number of hydrogen-bond acceptors (Lipinski definition) is 12. The fourth-order valence-corrected chi connectivity index (χ4v) is 6.73. The molecule has 4 N–H and O–H groups in total. The Morgan fingerprint density at radius 2 is 1.89 bits per heavy atom. The lowest BCUT2D eigenvalue weighted by molar-refractivity contribution is -0.245. The highest BCUT2D eigenvalue weighted by Crippen LogP contribution is 2.26. The van der Waals surface area contributed by atoms with E-state index in [-0.39, 0.29) is 18.5 Å². The maximum absolute atomic E-state index is 13.4. The van der Waals surface area contributed by atoms with Crippen LogP contribution in [-0.2, 0) is 36.7 Å². The highest BCUT2D eigenvalue weighted by molar-refractivity contribution is 6.02. The summed E-state index contributed by atoms with van der Waals surface area (Å²) >= 11 is 0. The van der Waals surface area contributed by atoms with E-state index in [0.29, 0.717) is 38.0 Å². The first-order valence-corrected chi connectivity index (χ1v) is 19.0. The molecule has 1 amide bonds. The van der Waals surface area contributed by atoms with E-state index in [1.54, 1.807) is 17.0 Å². The standard InChI is InChI=1S/C40H57N7O7/c1-6-39(3,12-17-53-40(4,7-2)24-33-26-47(45-44-33)27-35-37(49)34(48)23-36(51-5)54-35)43-38(50)31(25-41)21-28-8-9-30-22-32(11-10-29(30)20-28)42-13-14-46-15-18-52-19-16-46/h8-11,20-22,26,34-37,42,48-49H,6-7,12-19,23-24,27H2,1-5H3,(H,43,50)/b31-21+/t34-,35-,36+,37+,39?,40?/m1/s1. The van der Waals surface area contributed by atoms with Gasteiger partial charge in [-0.15, -0.1) is 5.10 Å². The van der Waals surface area contributed by atoms with Crippen LogP contribution in [0.1, 0.15) is 64.6 Å². The van der Waals surface area contributed by atoms with Crippen molar-refractivity contribution >= 4 is 28.4 Å². The average molecular weight is 748 g/mol. The van der Waals surface area contributed by atoms with Gasteiger partial charge in [0, 0.05) is 70.2 Å². The molecule has 2 aromatic carbocycles. The lowest BCUT2D eigenvalue weighted by atomic mass is 9.93. The van der Waals surface area contributed by atoms with Gasteiger partial charge < -0.3 is 39.8 Å². The third-order valence-electron chi connectivity index (χ3n) is 10.8. The second kappa shape index (κ2) is 19.1. The third-order valence-corrected chi connectivity index (χ3v) is 10.8. The zero-order chi connectivity index (χ0) is 38.7. The third kappa shape index (κ3) is 11.3. The molecule has 0 saturated carbocycles. The van der Waals surface area contributed by atoms with Crippen molar-refractivity contribution in [1.29, 1.82) is 5.26 Å². The first kappa shape index (κ1) is 41.2. The van der Waals surface area contributed by atoms with E-state index in [1.165, 1.54) is 7.11 Å². The van der Waals surface area contributed by atoms with Crippen LogP contribution in [0.25, 0.3) is 16.8 Å². The van der Waals surface area contributed by atoms with Crippen LogP contribution in [0.15, 0.2) is 48.2 Å². The van der Waals surface area contributed by atoms with Crippen molar-refractivity contribution in [3.8, 4) is 6.07 Å². The maximum Gasteiger partial charge on any atom is 0.262 e. The summed E-state index contributed by atoms with van der Waals surface area (Å²) in [6.07, 6.45) is 2.70. The molecule has 2 unspecified atom stereocenters. The number of aliphatic hydroxyl groups is 2. The van der Waals surface area contributed by atoms with Crippen molar-refractivity contribution in [2.45, 2.75) is 102 Å². The van der Waals surface area contributed by atoms with Gasteiger partial charge in [-0.2, -0.15) is 5.26 Å². The van der Waals surface area contributed by atoms with Crippen molar-refractivity contribution in [2.24, 2.45) is 0 Å². The van der Waals surface area contributed by atoms with Crippen LogP contribution in [0.4, 0.5) is 5.69 Å². The number of amides is 1. The van der Waals surface area contributed by atoms with Crippen LogP contribution < -0.4 is 10.6 Å². The molecule has 2 saturated heterocycles. The molecule has 54 heavy (non-hydrogen) atoms. The quantitative estimate of drug-likeness (QED) is 0.110. The lowest BCUT2D eigenvalue weighted by Crippen LogP contribution is -2.50. The largest absolute Gasteiger partial charge is 0.390 e. The molecule has 1 aromatic heterocycles. The number of fused-ring (bicyclic) bond motifs is 1. The highest BCUT2D eigenvalue weighted by Gasteiger charge is 2.37. The molecule has 2 aliphatic rings. The monoisotopic (exact) mass is 747 g/mol. The Morgan fingerprint density at radius 1 is 1.13 bits per heavy atom. The number of ether oxygens (including phenoxy) is 4. The predicted molar refractivity (Wildman–Crippen MR) is 205 cm³/mol. The molecular formula is C40H57N7O7. The molecule has 2 fully saturated rings. The molecule has 0 spiro atoms. The molecule has 0 radical (unpaired) electrons. The predicted octanol–water partition coefficient (Wildman–Crippen LogP) is 3.67. The van der Waals surface area contributed by atoms with Crippen LogP contribution in [0.2, 0.25) is 0 Å². The number of anilines is 1. The van der Waals surface area contributed by atoms with Gasteiger partial charge in [-0.05, 0) is 73.7 Å². The number of hydrogen-bond donors (Lipinski definition) is 4. The van der Waals surface area contributed by atoms with Crippen LogP contribution >= 0.6 is 0 Å². The van der Waals surface area contributed by atoms with Gasteiger partial charge in [-0.25, -0.2) is 4.68 Å². The first-order valence-electron chi connectivity index (χ1n) is 19.0. The Bertz CT molecular complexity index is 1760. The SMILES string of the molecule is CCC(C)(CCOC(C)(CC)Cc1cn(C[C@H]2O[C@H](OC)C[C@@H](O)[C@@H]2O)nn1)NC(=O)/C(C#N)=C/c1ccc2cc(NCCN3CCOCC3)ccc2c1. The molecule has 5 rings (SSSR count). The summed E-state index contributed by atoms with van der Waals surface area (Å²) in [4.78, 5) is 15.8. The molecule has 3 heterocycles. The van der Waals surface area contributed by atoms with Crippen LogP contribution in [-0.4, -0.2) is 125 Å². The topological polar surface area (TPSA) is 176 Å². The minimum absolute atomic E-state index is 0.0382. The molecule has 0 aliphatic carbocycles. The lowest BCUT2D eigenvalue weighted by Gasteiger charge is -2.36. The molecule has 3 aromatic rings. The van der Waals surface area contributed by atoms with Gasteiger partial charge in [0.25, 0.3) is 5.91 Å². The van der Waals surface area contributed by atoms with E-state index < -0.39 is 41.6 Å². The molecule has 0 bridgehead atoms. The number of rotatable bonds is 18. The van der Waals surface area contributed by atoms with E-state index in [2.05, 4.69) is 50.1 Å². The number of benzene rings is 2. The van der Waals surface area contributed by atoms with E-state index >= 15 is 0 Å². The van der Waals surface area contributed by atoms with E-state index in [4.69, 9.17) is 18.9 Å². The summed E-state index contributed by atoms with van der Waals surface area (Å²) in [5.74, 6) is -0.423. The van der Waals surface area contributed by atoms with Crippen LogP contribution in [0.3, 0.4) is 0 Å².